The standard InChI is InChI=1S/C20H13BrF3N/c21-15-9-10-19-17(11-15)16-3-1-2-4-18(16)25(19)12-13-5-7-14(8-6-13)20(22,23)24/h1-11H,12H2. The first-order valence-electron chi connectivity index (χ1n) is 7.76. The second kappa shape index (κ2) is 5.92. The molecule has 0 aliphatic rings. The van der Waals surface area contributed by atoms with E-state index in [-0.39, 0.29) is 0 Å². The van der Waals surface area contributed by atoms with E-state index in [4.69, 9.17) is 0 Å². The Labute approximate surface area is 150 Å². The lowest BCUT2D eigenvalue weighted by atomic mass is 10.1. The van der Waals surface area contributed by atoms with Crippen molar-refractivity contribution in [3.63, 3.8) is 0 Å². The maximum atomic E-state index is 12.7. The summed E-state index contributed by atoms with van der Waals surface area (Å²) in [4.78, 5) is 0. The minimum absolute atomic E-state index is 0.518. The third-order valence-corrected chi connectivity index (χ3v) is 4.85. The summed E-state index contributed by atoms with van der Waals surface area (Å²) < 4.78 is 41.4. The number of halogens is 4. The Hall–Kier alpha value is -2.27. The van der Waals surface area contributed by atoms with Gasteiger partial charge in [0.1, 0.15) is 0 Å². The van der Waals surface area contributed by atoms with Crippen molar-refractivity contribution >= 4 is 37.7 Å². The number of para-hydroxylation sites is 1. The monoisotopic (exact) mass is 403 g/mol. The zero-order chi connectivity index (χ0) is 17.6. The molecule has 1 aromatic heterocycles. The van der Waals surface area contributed by atoms with Gasteiger partial charge in [-0.3, -0.25) is 0 Å². The lowest BCUT2D eigenvalue weighted by Gasteiger charge is -2.10. The van der Waals surface area contributed by atoms with Crippen molar-refractivity contribution in [1.82, 2.24) is 4.57 Å². The van der Waals surface area contributed by atoms with E-state index in [9.17, 15) is 13.2 Å². The highest BCUT2D eigenvalue weighted by molar-refractivity contribution is 9.10. The first-order valence-corrected chi connectivity index (χ1v) is 8.55. The van der Waals surface area contributed by atoms with Crippen LogP contribution in [0.1, 0.15) is 11.1 Å². The van der Waals surface area contributed by atoms with Crippen molar-refractivity contribution in [3.05, 3.63) is 82.3 Å². The van der Waals surface area contributed by atoms with Gasteiger partial charge >= 0.3 is 6.18 Å². The van der Waals surface area contributed by atoms with Crippen molar-refractivity contribution < 1.29 is 13.2 Å². The number of hydrogen-bond acceptors (Lipinski definition) is 0. The highest BCUT2D eigenvalue weighted by Gasteiger charge is 2.29. The SMILES string of the molecule is FC(F)(F)c1ccc(Cn2c3ccccc3c3cc(Br)ccc32)cc1. The van der Waals surface area contributed by atoms with Gasteiger partial charge in [-0.05, 0) is 42.0 Å². The Balaban J connectivity index is 1.83. The van der Waals surface area contributed by atoms with E-state index in [1.807, 2.05) is 30.3 Å². The number of alkyl halides is 3. The molecule has 25 heavy (non-hydrogen) atoms. The summed E-state index contributed by atoms with van der Waals surface area (Å²) in [5, 5.41) is 2.25. The molecule has 5 heteroatoms. The first kappa shape index (κ1) is 16.2. The molecule has 0 aliphatic heterocycles. The zero-order valence-electron chi connectivity index (χ0n) is 13.0. The van der Waals surface area contributed by atoms with E-state index in [1.54, 1.807) is 12.1 Å². The van der Waals surface area contributed by atoms with Crippen LogP contribution in [0.4, 0.5) is 13.2 Å². The topological polar surface area (TPSA) is 4.93 Å². The van der Waals surface area contributed by atoms with Crippen LogP contribution in [0.2, 0.25) is 0 Å². The van der Waals surface area contributed by atoms with Crippen LogP contribution in [-0.2, 0) is 12.7 Å². The van der Waals surface area contributed by atoms with E-state index in [0.29, 0.717) is 6.54 Å². The van der Waals surface area contributed by atoms with E-state index in [2.05, 4.69) is 32.6 Å². The maximum absolute atomic E-state index is 12.7. The zero-order valence-corrected chi connectivity index (χ0v) is 14.6. The maximum Gasteiger partial charge on any atom is 0.416 e. The Morgan fingerprint density at radius 3 is 2.20 bits per heavy atom. The summed E-state index contributed by atoms with van der Waals surface area (Å²) >= 11 is 3.50. The molecule has 4 rings (SSSR count). The fourth-order valence-electron chi connectivity index (χ4n) is 3.18. The van der Waals surface area contributed by atoms with Gasteiger partial charge in [0, 0.05) is 32.8 Å². The lowest BCUT2D eigenvalue weighted by molar-refractivity contribution is -0.137. The number of fused-ring (bicyclic) bond motifs is 3. The molecular formula is C20H13BrF3N. The minimum atomic E-state index is -4.31. The Bertz CT molecular complexity index is 1060. The quantitative estimate of drug-likeness (QED) is 0.354. The molecule has 0 N–H and O–H groups in total. The van der Waals surface area contributed by atoms with Gasteiger partial charge < -0.3 is 4.57 Å². The Morgan fingerprint density at radius 1 is 0.800 bits per heavy atom. The van der Waals surface area contributed by atoms with Crippen molar-refractivity contribution in [2.24, 2.45) is 0 Å². The van der Waals surface area contributed by atoms with Crippen molar-refractivity contribution in [3.8, 4) is 0 Å². The van der Waals surface area contributed by atoms with E-state index < -0.39 is 11.7 Å². The van der Waals surface area contributed by atoms with E-state index >= 15 is 0 Å². The number of hydrogen-bond donors (Lipinski definition) is 0. The highest BCUT2D eigenvalue weighted by atomic mass is 79.9. The van der Waals surface area contributed by atoms with Gasteiger partial charge in [-0.15, -0.1) is 0 Å². The van der Waals surface area contributed by atoms with Gasteiger partial charge in [0.2, 0.25) is 0 Å². The lowest BCUT2D eigenvalue weighted by Crippen LogP contribution is -2.05. The predicted molar refractivity (Wildman–Crippen MR) is 97.7 cm³/mol. The van der Waals surface area contributed by atoms with Crippen LogP contribution in [0.15, 0.2) is 71.2 Å². The molecule has 0 fully saturated rings. The van der Waals surface area contributed by atoms with E-state index in [0.717, 1.165) is 44.0 Å². The van der Waals surface area contributed by atoms with Crippen LogP contribution in [0.3, 0.4) is 0 Å². The molecule has 126 valence electrons. The van der Waals surface area contributed by atoms with Gasteiger partial charge in [0.05, 0.1) is 5.56 Å². The van der Waals surface area contributed by atoms with Crippen molar-refractivity contribution in [1.29, 1.82) is 0 Å². The molecule has 0 saturated heterocycles. The van der Waals surface area contributed by atoms with Crippen LogP contribution in [0, 0.1) is 0 Å². The molecule has 0 amide bonds. The predicted octanol–water partition coefficient (Wildman–Crippen LogP) is 6.62. The Kier molecular flexibility index (Phi) is 3.84. The van der Waals surface area contributed by atoms with Crippen LogP contribution in [0.25, 0.3) is 21.8 Å². The average Bonchev–Trinajstić information content (AvgIpc) is 2.88. The minimum Gasteiger partial charge on any atom is -0.336 e. The molecule has 0 unspecified atom stereocenters. The Morgan fingerprint density at radius 2 is 1.48 bits per heavy atom. The number of rotatable bonds is 2. The van der Waals surface area contributed by atoms with Gasteiger partial charge in [0.25, 0.3) is 0 Å². The summed E-state index contributed by atoms with van der Waals surface area (Å²) in [7, 11) is 0. The molecule has 0 spiro atoms. The third kappa shape index (κ3) is 2.93. The van der Waals surface area contributed by atoms with Gasteiger partial charge in [-0.1, -0.05) is 46.3 Å². The average molecular weight is 404 g/mol. The van der Waals surface area contributed by atoms with Crippen molar-refractivity contribution in [2.45, 2.75) is 12.7 Å². The smallest absolute Gasteiger partial charge is 0.336 e. The first-order chi connectivity index (χ1) is 11.9. The number of benzene rings is 3. The molecule has 1 heterocycles. The van der Waals surface area contributed by atoms with Gasteiger partial charge in [-0.2, -0.15) is 13.2 Å². The fraction of sp³-hybridized carbons (Fsp3) is 0.100. The van der Waals surface area contributed by atoms with Gasteiger partial charge in [0.15, 0.2) is 0 Å². The highest BCUT2D eigenvalue weighted by Crippen LogP contribution is 2.32. The van der Waals surface area contributed by atoms with Crippen molar-refractivity contribution in [2.75, 3.05) is 0 Å². The van der Waals surface area contributed by atoms with Crippen LogP contribution in [-0.4, -0.2) is 4.57 Å². The van der Waals surface area contributed by atoms with Gasteiger partial charge in [-0.25, -0.2) is 0 Å². The summed E-state index contributed by atoms with van der Waals surface area (Å²) in [6.45, 7) is 0.518. The second-order valence-corrected chi connectivity index (χ2v) is 6.88. The molecule has 1 nitrogen and oxygen atoms in total. The molecule has 0 atom stereocenters. The second-order valence-electron chi connectivity index (χ2n) is 5.96. The molecule has 0 bridgehead atoms. The van der Waals surface area contributed by atoms with Crippen LogP contribution >= 0.6 is 15.9 Å². The molecular weight excluding hydrogens is 391 g/mol. The van der Waals surface area contributed by atoms with E-state index in [1.165, 1.54) is 0 Å². The largest absolute Gasteiger partial charge is 0.416 e. The summed E-state index contributed by atoms with van der Waals surface area (Å²) in [5.74, 6) is 0. The fourth-order valence-corrected chi connectivity index (χ4v) is 3.54. The molecule has 0 radical (unpaired) electrons. The summed E-state index contributed by atoms with van der Waals surface area (Å²) in [6, 6.07) is 19.5. The summed E-state index contributed by atoms with van der Waals surface area (Å²) in [6.07, 6.45) is -4.31. The molecule has 3 aromatic carbocycles. The summed E-state index contributed by atoms with van der Waals surface area (Å²) in [5.41, 5.74) is 2.33. The van der Waals surface area contributed by atoms with Crippen LogP contribution in [0.5, 0.6) is 0 Å². The molecule has 4 aromatic rings. The number of aromatic nitrogens is 1. The number of nitrogens with zero attached hydrogens (tertiary/aromatic N) is 1. The van der Waals surface area contributed by atoms with Crippen LogP contribution < -0.4 is 0 Å². The third-order valence-electron chi connectivity index (χ3n) is 4.36. The molecule has 0 saturated carbocycles. The molecule has 0 aliphatic carbocycles. The normalized spacial score (nSPS) is 12.2.